The number of piperazine rings is 2. The maximum Gasteiger partial charge on any atom is 0.277 e. The summed E-state index contributed by atoms with van der Waals surface area (Å²) in [6.07, 6.45) is 9.01. The zero-order chi connectivity index (χ0) is 82.8. The Morgan fingerprint density at radius 2 is 0.814 bits per heavy atom. The number of fused-ring (bicyclic) bond motifs is 4. The molecular formula is C87H96N18O13. The lowest BCUT2D eigenvalue weighted by Crippen LogP contribution is -2.46. The largest absolute Gasteiger partial charge is 0.493 e. The first-order valence-electron chi connectivity index (χ1n) is 39.1. The van der Waals surface area contributed by atoms with E-state index in [-0.39, 0.29) is 28.2 Å². The molecule has 0 bridgehead atoms. The molecule has 0 aliphatic carbocycles. The van der Waals surface area contributed by atoms with E-state index in [0.717, 1.165) is 121 Å². The molecule has 4 aliphatic rings. The van der Waals surface area contributed by atoms with Crippen LogP contribution in [-0.2, 0) is 26.2 Å². The first-order chi connectivity index (χ1) is 57.5. The Balaban J connectivity index is 0.000000137. The summed E-state index contributed by atoms with van der Waals surface area (Å²) < 4.78 is 19.8. The Morgan fingerprint density at radius 3 is 1.29 bits per heavy atom. The van der Waals surface area contributed by atoms with Gasteiger partial charge < -0.3 is 33.8 Å². The van der Waals surface area contributed by atoms with Crippen molar-refractivity contribution in [2.75, 3.05) is 119 Å². The van der Waals surface area contributed by atoms with Gasteiger partial charge in [-0.3, -0.25) is 68.5 Å². The molecule has 8 aromatic carbocycles. The Bertz CT molecular complexity index is 5620. The smallest absolute Gasteiger partial charge is 0.277 e. The molecule has 4 aromatic heterocycles. The highest BCUT2D eigenvalue weighted by molar-refractivity contribution is 5.97. The summed E-state index contributed by atoms with van der Waals surface area (Å²) in [5.41, 5.74) is 13.7. The van der Waals surface area contributed by atoms with E-state index in [1.807, 2.05) is 73.3 Å². The molecule has 4 amide bonds. The molecule has 0 saturated carbocycles. The van der Waals surface area contributed by atoms with Crippen LogP contribution < -0.4 is 66.8 Å². The third-order valence-electron chi connectivity index (χ3n) is 22.1. The van der Waals surface area contributed by atoms with Crippen LogP contribution in [0.15, 0.2) is 198 Å². The first-order valence-corrected chi connectivity index (χ1v) is 39.1. The van der Waals surface area contributed by atoms with Gasteiger partial charge in [-0.15, -0.1) is 0 Å². The highest BCUT2D eigenvalue weighted by atomic mass is 16.5. The molecule has 8 heterocycles. The predicted octanol–water partition coefficient (Wildman–Crippen LogP) is 9.65. The second-order valence-electron chi connectivity index (χ2n) is 29.3. The van der Waals surface area contributed by atoms with E-state index in [9.17, 15) is 28.8 Å². The van der Waals surface area contributed by atoms with Gasteiger partial charge in [-0.05, 0) is 128 Å². The maximum absolute atomic E-state index is 13.4. The number of nitrogens with one attached hydrogen (secondary N) is 4. The van der Waals surface area contributed by atoms with Crippen molar-refractivity contribution < 1.29 is 54.2 Å². The molecule has 12 aromatic rings. The summed E-state index contributed by atoms with van der Waals surface area (Å²) in [5.74, 6) is 1.95. The number of carbonyl (C=O) groups excluding carboxylic acids is 4. The van der Waals surface area contributed by atoms with Gasteiger partial charge in [0.1, 0.15) is 17.2 Å². The number of para-hydroxylation sites is 1. The second kappa shape index (κ2) is 39.1. The van der Waals surface area contributed by atoms with Gasteiger partial charge in [0.2, 0.25) is 17.6 Å². The average molecular weight is 1600 g/mol. The van der Waals surface area contributed by atoms with Gasteiger partial charge in [0, 0.05) is 163 Å². The molecular weight excluding hydrogens is 1510 g/mol. The van der Waals surface area contributed by atoms with E-state index >= 15 is 0 Å². The SMILES string of the molecule is COc1cc2c(=O)n(CC3CCN(c4ncc(C(=O)NO)cn4)CC3)c(C)nc2c(OC)c1OC.Cc1nc2ccccc2c(=O)n1CC1CCN(c2ncc(C(=O)NO)cn2)CC1.O=C(NO)c1ccc(CN2CCN(c3cccc4ccccc34)CC2)cc1.O=C(NO)c1cccc(CN2CCN(c3cccc4ccccc34)CC2)c1. The van der Waals surface area contributed by atoms with Crippen LogP contribution in [0.4, 0.5) is 23.3 Å². The van der Waals surface area contributed by atoms with Crippen LogP contribution in [-0.4, -0.2) is 193 Å². The number of nitrogens with zero attached hydrogens (tertiary/aromatic N) is 14. The van der Waals surface area contributed by atoms with Crippen molar-refractivity contribution >= 4 is 90.3 Å². The summed E-state index contributed by atoms with van der Waals surface area (Å²) in [4.78, 5) is 112. The van der Waals surface area contributed by atoms with Crippen LogP contribution in [0.3, 0.4) is 0 Å². The van der Waals surface area contributed by atoms with Crippen LogP contribution in [0.1, 0.15) is 89.9 Å². The summed E-state index contributed by atoms with van der Waals surface area (Å²) in [6.45, 7) is 17.4. The lowest BCUT2D eigenvalue weighted by Gasteiger charge is -2.36. The monoisotopic (exact) mass is 1600 g/mol. The number of aromatic nitrogens is 8. The van der Waals surface area contributed by atoms with Crippen LogP contribution in [0.5, 0.6) is 17.2 Å². The van der Waals surface area contributed by atoms with Crippen LogP contribution in [0.2, 0.25) is 0 Å². The molecule has 0 spiro atoms. The molecule has 0 unspecified atom stereocenters. The Kier molecular flexibility index (Phi) is 27.5. The Morgan fingerprint density at radius 1 is 0.398 bits per heavy atom. The molecule has 0 atom stereocenters. The number of hydrogen-bond acceptors (Lipinski definition) is 25. The standard InChI is InChI=1S/C23H28N6O6.2C22H23N3O2.C20H22N6O3/c1-13-26-18-16(9-17(33-2)19(34-3)20(18)35-4)22(31)29(13)12-14-5-7-28(8-6-14)23-24-10-15(11-25-23)21(30)27-32;26-22(23-27)19-8-3-5-17(15-19)16-24-11-13-25(14-12-24)21-10-4-7-18-6-1-2-9-20(18)21;26-22(23-27)19-10-8-17(9-11-19)16-24-12-14-25(15-13-24)21-7-3-5-18-4-1-2-6-20(18)21;1-13-23-17-5-3-2-4-16(17)19(28)26(13)12-14-6-8-25(9-7-14)20-21-10-15(11-22-20)18(27)24-29/h9-11,14,32H,5-8,12H2,1-4H3,(H,27,30);1-10,15,27H,11-14,16H2,(H,23,26);1-11,27H,12-16H2,(H,23,26);2-5,10-11,14,29H,6-9,12H2,1H3,(H,24,27). The maximum atomic E-state index is 13.4. The number of benzene rings is 8. The molecule has 31 nitrogen and oxygen atoms in total. The number of piperidine rings is 2. The van der Waals surface area contributed by atoms with Gasteiger partial charge in [0.15, 0.2) is 11.5 Å². The minimum atomic E-state index is -0.659. The lowest BCUT2D eigenvalue weighted by atomic mass is 9.96. The van der Waals surface area contributed by atoms with E-state index in [1.54, 1.807) is 55.3 Å². The lowest BCUT2D eigenvalue weighted by molar-refractivity contribution is 0.0701. The molecule has 118 heavy (non-hydrogen) atoms. The highest BCUT2D eigenvalue weighted by Crippen LogP contribution is 2.42. The summed E-state index contributed by atoms with van der Waals surface area (Å²) in [6, 6.07) is 53.9. The van der Waals surface area contributed by atoms with E-state index in [1.165, 1.54) is 84.6 Å². The first kappa shape index (κ1) is 82.9. The fourth-order valence-electron chi connectivity index (χ4n) is 15.6. The molecule has 4 aliphatic heterocycles. The van der Waals surface area contributed by atoms with Crippen molar-refractivity contribution in [1.29, 1.82) is 0 Å². The van der Waals surface area contributed by atoms with Gasteiger partial charge in [-0.1, -0.05) is 109 Å². The van der Waals surface area contributed by atoms with Crippen LogP contribution in [0.25, 0.3) is 43.4 Å². The number of carbonyl (C=O) groups is 4. The number of anilines is 4. The Labute approximate surface area is 680 Å². The fourth-order valence-corrected chi connectivity index (χ4v) is 15.6. The van der Waals surface area contributed by atoms with Crippen LogP contribution in [0, 0.1) is 25.7 Å². The molecule has 612 valence electrons. The van der Waals surface area contributed by atoms with Gasteiger partial charge in [0.25, 0.3) is 34.7 Å². The number of amides is 4. The number of aryl methyl sites for hydroxylation is 2. The van der Waals surface area contributed by atoms with Crippen LogP contribution >= 0.6 is 0 Å². The second-order valence-corrected chi connectivity index (χ2v) is 29.3. The van der Waals surface area contributed by atoms with E-state index in [4.69, 9.17) is 35.0 Å². The van der Waals surface area contributed by atoms with Crippen molar-refractivity contribution in [2.45, 2.75) is 65.7 Å². The molecule has 4 fully saturated rings. The zero-order valence-electron chi connectivity index (χ0n) is 66.4. The van der Waals surface area contributed by atoms with E-state index in [2.05, 4.69) is 139 Å². The zero-order valence-corrected chi connectivity index (χ0v) is 66.4. The highest BCUT2D eigenvalue weighted by Gasteiger charge is 2.29. The number of hydroxylamine groups is 4. The minimum absolute atomic E-state index is 0.0108. The van der Waals surface area contributed by atoms with Crippen molar-refractivity contribution in [3.63, 3.8) is 0 Å². The molecule has 4 saturated heterocycles. The number of methoxy groups -OCH3 is 3. The summed E-state index contributed by atoms with van der Waals surface area (Å²) in [5, 5.41) is 41.1. The van der Waals surface area contributed by atoms with E-state index < -0.39 is 23.6 Å². The Hall–Kier alpha value is -13.0. The summed E-state index contributed by atoms with van der Waals surface area (Å²) >= 11 is 0. The molecule has 16 rings (SSSR count). The minimum Gasteiger partial charge on any atom is -0.493 e. The van der Waals surface area contributed by atoms with Crippen molar-refractivity contribution in [2.24, 2.45) is 11.8 Å². The van der Waals surface area contributed by atoms with Crippen molar-refractivity contribution in [3.8, 4) is 17.2 Å². The quantitative estimate of drug-likeness (QED) is 0.0276. The van der Waals surface area contributed by atoms with Gasteiger partial charge >= 0.3 is 0 Å². The third kappa shape index (κ3) is 19.6. The third-order valence-corrected chi connectivity index (χ3v) is 22.1. The van der Waals surface area contributed by atoms with E-state index in [0.29, 0.717) is 94.5 Å². The molecule has 31 heteroatoms. The fraction of sp³-hybridized carbons (Fsp3) is 0.310. The summed E-state index contributed by atoms with van der Waals surface area (Å²) in [7, 11) is 4.53. The molecule has 0 radical (unpaired) electrons. The predicted molar refractivity (Wildman–Crippen MR) is 448 cm³/mol. The number of hydrogen-bond donors (Lipinski definition) is 8. The normalized spacial score (nSPS) is 14.8. The van der Waals surface area contributed by atoms with Crippen molar-refractivity contribution in [3.05, 3.63) is 254 Å². The van der Waals surface area contributed by atoms with Gasteiger partial charge in [0.05, 0.1) is 48.7 Å². The average Bonchev–Trinajstić information content (AvgIpc) is 0.754. The topological polar surface area (TPSA) is 366 Å². The molecule has 8 N–H and O–H groups in total. The van der Waals surface area contributed by atoms with Gasteiger partial charge in [-0.25, -0.2) is 51.8 Å². The number of ether oxygens (including phenoxy) is 3. The van der Waals surface area contributed by atoms with Crippen molar-refractivity contribution in [1.82, 2.24) is 70.8 Å². The van der Waals surface area contributed by atoms with Gasteiger partial charge in [-0.2, -0.15) is 0 Å². The number of rotatable bonds is 19.